The Hall–Kier alpha value is -3.23. The number of nitrogens with two attached hydrogens (primary N) is 1. The number of hydrogen-bond acceptors (Lipinski definition) is 11. The van der Waals surface area contributed by atoms with Crippen LogP contribution in [-0.4, -0.2) is 39.8 Å². The molecule has 0 saturated heterocycles. The molecule has 11 heteroatoms. The van der Waals surface area contributed by atoms with E-state index in [0.29, 0.717) is 27.9 Å². The van der Waals surface area contributed by atoms with Gasteiger partial charge in [-0.2, -0.15) is 5.26 Å². The van der Waals surface area contributed by atoms with Gasteiger partial charge in [0.1, 0.15) is 5.82 Å². The molecule has 33 heavy (non-hydrogen) atoms. The van der Waals surface area contributed by atoms with Crippen molar-refractivity contribution >= 4 is 40.0 Å². The number of carbonyl (C=O) groups excluding carboxylic acids is 2. The summed E-state index contributed by atoms with van der Waals surface area (Å²) >= 11 is 2.44. The lowest BCUT2D eigenvalue weighted by atomic mass is 9.69. The molecule has 0 amide bonds. The zero-order valence-electron chi connectivity index (χ0n) is 18.4. The van der Waals surface area contributed by atoms with Gasteiger partial charge in [-0.1, -0.05) is 43.0 Å². The van der Waals surface area contributed by atoms with Crippen molar-refractivity contribution < 1.29 is 14.3 Å². The summed E-state index contributed by atoms with van der Waals surface area (Å²) in [4.78, 5) is 30.8. The van der Waals surface area contributed by atoms with Crippen LogP contribution < -0.4 is 10.6 Å². The number of nitriles is 1. The fourth-order valence-corrected chi connectivity index (χ4v) is 5.85. The Labute approximate surface area is 199 Å². The summed E-state index contributed by atoms with van der Waals surface area (Å²) in [6.45, 7) is 4.06. The number of methoxy groups -OCH3 is 1. The van der Waals surface area contributed by atoms with Crippen LogP contribution in [0.2, 0.25) is 0 Å². The number of aromatic nitrogens is 3. The molecule has 0 fully saturated rings. The fourth-order valence-electron chi connectivity index (χ4n) is 4.14. The van der Waals surface area contributed by atoms with Crippen molar-refractivity contribution in [1.82, 2.24) is 15.2 Å². The van der Waals surface area contributed by atoms with Crippen LogP contribution in [-0.2, 0) is 14.3 Å². The number of ether oxygens (including phenoxy) is 1. The average Bonchev–Trinajstić information content (AvgIpc) is 3.24. The maximum atomic E-state index is 13.4. The summed E-state index contributed by atoms with van der Waals surface area (Å²) in [5, 5.41) is 18.9. The van der Waals surface area contributed by atoms with Crippen molar-refractivity contribution in [2.24, 2.45) is 11.1 Å². The molecule has 1 atom stereocenters. The molecular formula is C22H22N6O3S2. The molecule has 170 valence electrons. The topological polar surface area (TPSA) is 135 Å². The van der Waals surface area contributed by atoms with Crippen LogP contribution in [0.1, 0.15) is 38.2 Å². The molecule has 3 heterocycles. The number of rotatable bonds is 5. The predicted molar refractivity (Wildman–Crippen MR) is 124 cm³/mol. The van der Waals surface area contributed by atoms with E-state index in [0.717, 1.165) is 11.3 Å². The molecule has 2 aromatic rings. The Kier molecular flexibility index (Phi) is 6.23. The molecule has 1 unspecified atom stereocenters. The Bertz CT molecular complexity index is 1210. The van der Waals surface area contributed by atoms with Gasteiger partial charge >= 0.3 is 5.97 Å². The van der Waals surface area contributed by atoms with Crippen LogP contribution >= 0.6 is 23.1 Å². The van der Waals surface area contributed by atoms with E-state index >= 15 is 0 Å². The van der Waals surface area contributed by atoms with E-state index in [4.69, 9.17) is 5.73 Å². The van der Waals surface area contributed by atoms with Crippen molar-refractivity contribution in [2.75, 3.05) is 17.8 Å². The molecule has 0 radical (unpaired) electrons. The highest BCUT2D eigenvalue weighted by Gasteiger charge is 2.45. The van der Waals surface area contributed by atoms with E-state index in [1.807, 2.05) is 19.9 Å². The van der Waals surface area contributed by atoms with Crippen molar-refractivity contribution in [3.8, 4) is 6.07 Å². The van der Waals surface area contributed by atoms with Gasteiger partial charge in [0, 0.05) is 30.1 Å². The van der Waals surface area contributed by atoms with Gasteiger partial charge < -0.3 is 10.5 Å². The fraction of sp³-hybridized carbons (Fsp3) is 0.364. The maximum Gasteiger partial charge on any atom is 0.316 e. The lowest BCUT2D eigenvalue weighted by Gasteiger charge is -2.42. The van der Waals surface area contributed by atoms with Gasteiger partial charge in [-0.3, -0.25) is 19.5 Å². The summed E-state index contributed by atoms with van der Waals surface area (Å²) in [5.41, 5.74) is 8.56. The number of hydrogen-bond donors (Lipinski definition) is 1. The van der Waals surface area contributed by atoms with Crippen LogP contribution in [0.3, 0.4) is 0 Å². The standard InChI is InChI=1S/C22H22N6O3S2/c1-22(2)7-14-18(15(29)8-22)17(12-5-4-6-25-10-12)13(9-23)19(24)28(14)20-26-27-21(33-20)32-11-16(30)31-3/h4-6,10,17H,7-8,11,24H2,1-3H3. The number of esters is 1. The zero-order valence-corrected chi connectivity index (χ0v) is 20.0. The van der Waals surface area contributed by atoms with Gasteiger partial charge in [-0.25, -0.2) is 0 Å². The largest absolute Gasteiger partial charge is 0.468 e. The molecule has 2 aliphatic rings. The number of Topliss-reactive ketones (excluding diaryl/α,β-unsaturated/α-hetero) is 1. The number of pyridine rings is 1. The minimum Gasteiger partial charge on any atom is -0.468 e. The van der Waals surface area contributed by atoms with Crippen molar-refractivity contribution in [3.05, 3.63) is 52.8 Å². The minimum atomic E-state index is -0.584. The number of thioether (sulfide) groups is 1. The van der Waals surface area contributed by atoms with E-state index < -0.39 is 5.92 Å². The van der Waals surface area contributed by atoms with Crippen molar-refractivity contribution in [2.45, 2.75) is 36.9 Å². The number of nitrogens with zero attached hydrogens (tertiary/aromatic N) is 5. The van der Waals surface area contributed by atoms with E-state index in [9.17, 15) is 14.9 Å². The van der Waals surface area contributed by atoms with Gasteiger partial charge in [0.15, 0.2) is 10.1 Å². The highest BCUT2D eigenvalue weighted by molar-refractivity contribution is 8.01. The van der Waals surface area contributed by atoms with Gasteiger partial charge in [-0.15, -0.1) is 10.2 Å². The molecule has 0 bridgehead atoms. The van der Waals surface area contributed by atoms with Crippen LogP contribution in [0.4, 0.5) is 5.13 Å². The van der Waals surface area contributed by atoms with E-state index in [1.165, 1.54) is 30.2 Å². The van der Waals surface area contributed by atoms with Gasteiger partial charge in [-0.05, 0) is 23.5 Å². The third kappa shape index (κ3) is 4.36. The number of allylic oxidation sites excluding steroid dienone is 3. The molecule has 9 nitrogen and oxygen atoms in total. The average molecular weight is 483 g/mol. The summed E-state index contributed by atoms with van der Waals surface area (Å²) in [6, 6.07) is 5.85. The normalized spacial score (nSPS) is 19.9. The van der Waals surface area contributed by atoms with Crippen LogP contribution in [0.15, 0.2) is 51.5 Å². The first kappa shape index (κ1) is 22.9. The molecule has 0 aromatic carbocycles. The summed E-state index contributed by atoms with van der Waals surface area (Å²) in [6.07, 6.45) is 4.25. The Morgan fingerprint density at radius 2 is 2.21 bits per heavy atom. The summed E-state index contributed by atoms with van der Waals surface area (Å²) in [7, 11) is 1.32. The van der Waals surface area contributed by atoms with Crippen LogP contribution in [0, 0.1) is 16.7 Å². The van der Waals surface area contributed by atoms with Crippen LogP contribution in [0.5, 0.6) is 0 Å². The number of ketones is 1. The Morgan fingerprint density at radius 1 is 1.42 bits per heavy atom. The molecule has 4 rings (SSSR count). The quantitative estimate of drug-likeness (QED) is 0.500. The van der Waals surface area contributed by atoms with Crippen LogP contribution in [0.25, 0.3) is 0 Å². The molecule has 2 aromatic heterocycles. The Morgan fingerprint density at radius 3 is 2.88 bits per heavy atom. The monoisotopic (exact) mass is 482 g/mol. The van der Waals surface area contributed by atoms with Crippen molar-refractivity contribution in [3.63, 3.8) is 0 Å². The lowest BCUT2D eigenvalue weighted by molar-refractivity contribution is -0.137. The molecule has 0 saturated carbocycles. The van der Waals surface area contributed by atoms with E-state index in [-0.39, 0.29) is 34.3 Å². The molecule has 1 aliphatic carbocycles. The molecule has 1 aliphatic heterocycles. The van der Waals surface area contributed by atoms with Gasteiger partial charge in [0.05, 0.1) is 30.4 Å². The highest BCUT2D eigenvalue weighted by atomic mass is 32.2. The number of carbonyl (C=O) groups is 2. The molecule has 0 spiro atoms. The first-order valence-electron chi connectivity index (χ1n) is 10.1. The zero-order chi connectivity index (χ0) is 23.8. The van der Waals surface area contributed by atoms with E-state index in [2.05, 4.69) is 26.0 Å². The van der Waals surface area contributed by atoms with E-state index in [1.54, 1.807) is 23.4 Å². The number of anilines is 1. The highest BCUT2D eigenvalue weighted by Crippen LogP contribution is 2.50. The summed E-state index contributed by atoms with van der Waals surface area (Å²) < 4.78 is 5.23. The smallest absolute Gasteiger partial charge is 0.316 e. The second kappa shape index (κ2) is 8.96. The summed E-state index contributed by atoms with van der Waals surface area (Å²) in [5.74, 6) is -0.659. The maximum absolute atomic E-state index is 13.4. The minimum absolute atomic E-state index is 0.0230. The van der Waals surface area contributed by atoms with Gasteiger partial charge in [0.2, 0.25) is 5.13 Å². The first-order valence-corrected chi connectivity index (χ1v) is 11.9. The first-order chi connectivity index (χ1) is 15.8. The predicted octanol–water partition coefficient (Wildman–Crippen LogP) is 3.14. The van der Waals surface area contributed by atoms with Gasteiger partial charge in [0.25, 0.3) is 0 Å². The third-order valence-electron chi connectivity index (χ3n) is 5.53. The third-order valence-corrected chi connectivity index (χ3v) is 7.54. The molecular weight excluding hydrogens is 460 g/mol. The Balaban J connectivity index is 1.84. The lowest BCUT2D eigenvalue weighted by Crippen LogP contribution is -2.42. The second-order valence-corrected chi connectivity index (χ2v) is 10.7. The van der Waals surface area contributed by atoms with Crippen molar-refractivity contribution in [1.29, 1.82) is 5.26 Å². The molecule has 2 N–H and O–H groups in total. The second-order valence-electron chi connectivity index (χ2n) is 8.48. The SMILES string of the molecule is COC(=O)CSc1nnc(N2C(N)=C(C#N)C(c3cccnc3)C3=C2CC(C)(C)CC3=O)s1.